The van der Waals surface area contributed by atoms with Gasteiger partial charge >= 0.3 is 6.09 Å². The second kappa shape index (κ2) is 7.51. The van der Waals surface area contributed by atoms with Crippen molar-refractivity contribution < 1.29 is 19.8 Å². The number of amides is 2. The molecular formula is C17H23ClN2O4S. The summed E-state index contributed by atoms with van der Waals surface area (Å²) in [7, 11) is 0. The molecule has 1 saturated heterocycles. The van der Waals surface area contributed by atoms with Gasteiger partial charge in [-0.3, -0.25) is 4.79 Å². The van der Waals surface area contributed by atoms with Gasteiger partial charge < -0.3 is 20.0 Å². The average molecular weight is 387 g/mol. The number of piperazine rings is 1. The van der Waals surface area contributed by atoms with Crippen LogP contribution in [0.4, 0.5) is 4.79 Å². The topological polar surface area (TPSA) is 81.1 Å². The van der Waals surface area contributed by atoms with Gasteiger partial charge in [0.1, 0.15) is 0 Å². The van der Waals surface area contributed by atoms with Crippen molar-refractivity contribution in [1.82, 2.24) is 9.80 Å². The van der Waals surface area contributed by atoms with Gasteiger partial charge in [-0.2, -0.15) is 0 Å². The van der Waals surface area contributed by atoms with Crippen molar-refractivity contribution in [3.63, 3.8) is 0 Å². The molecule has 1 aliphatic heterocycles. The number of carboxylic acid groups (broad SMARTS) is 1. The van der Waals surface area contributed by atoms with Gasteiger partial charge in [0.15, 0.2) is 0 Å². The van der Waals surface area contributed by atoms with E-state index in [-0.39, 0.29) is 5.91 Å². The van der Waals surface area contributed by atoms with E-state index in [1.807, 2.05) is 11.4 Å². The van der Waals surface area contributed by atoms with Crippen molar-refractivity contribution in [3.8, 4) is 0 Å². The molecule has 6 nitrogen and oxygen atoms in total. The normalized spacial score (nSPS) is 21.8. The first-order valence-electron chi connectivity index (χ1n) is 8.64. The highest BCUT2D eigenvalue weighted by atomic mass is 35.5. The molecule has 8 heteroatoms. The minimum Gasteiger partial charge on any atom is -0.465 e. The predicted molar refractivity (Wildman–Crippen MR) is 96.3 cm³/mol. The molecule has 0 aromatic carbocycles. The molecule has 2 fully saturated rings. The summed E-state index contributed by atoms with van der Waals surface area (Å²) < 4.78 is 0.543. The molecule has 1 unspecified atom stereocenters. The Hall–Kier alpha value is -1.31. The molecule has 3 rings (SSSR count). The van der Waals surface area contributed by atoms with Crippen LogP contribution in [0, 0.1) is 0 Å². The Bertz CT molecular complexity index is 636. The predicted octanol–water partition coefficient (Wildman–Crippen LogP) is 3.00. The quantitative estimate of drug-likeness (QED) is 0.836. The third kappa shape index (κ3) is 3.78. The zero-order valence-corrected chi connectivity index (χ0v) is 15.6. The Morgan fingerprint density at radius 3 is 2.24 bits per heavy atom. The first kappa shape index (κ1) is 18.5. The summed E-state index contributed by atoms with van der Waals surface area (Å²) in [5.74, 6) is -0.822. The molecule has 0 spiro atoms. The van der Waals surface area contributed by atoms with E-state index in [1.54, 1.807) is 4.90 Å². The second-order valence-electron chi connectivity index (χ2n) is 6.84. The van der Waals surface area contributed by atoms with Crippen molar-refractivity contribution in [2.75, 3.05) is 26.2 Å². The van der Waals surface area contributed by atoms with E-state index in [4.69, 9.17) is 16.7 Å². The van der Waals surface area contributed by atoms with Crippen molar-refractivity contribution in [2.45, 2.75) is 43.6 Å². The monoisotopic (exact) mass is 386 g/mol. The molecule has 1 aliphatic carbocycles. The van der Waals surface area contributed by atoms with Gasteiger partial charge in [0, 0.05) is 26.2 Å². The summed E-state index contributed by atoms with van der Waals surface area (Å²) in [6, 6.07) is 1.83. The van der Waals surface area contributed by atoms with Crippen LogP contribution in [0.25, 0.3) is 0 Å². The highest BCUT2D eigenvalue weighted by molar-refractivity contribution is 7.14. The molecule has 2 heterocycles. The van der Waals surface area contributed by atoms with E-state index in [2.05, 4.69) is 0 Å². The number of hydrogen-bond acceptors (Lipinski definition) is 4. The number of halogens is 1. The van der Waals surface area contributed by atoms with Crippen molar-refractivity contribution in [3.05, 3.63) is 21.3 Å². The van der Waals surface area contributed by atoms with Crippen molar-refractivity contribution in [1.29, 1.82) is 0 Å². The van der Waals surface area contributed by atoms with E-state index < -0.39 is 17.6 Å². The van der Waals surface area contributed by atoms with E-state index >= 15 is 0 Å². The van der Waals surface area contributed by atoms with Crippen LogP contribution < -0.4 is 0 Å². The fourth-order valence-corrected chi connectivity index (χ4v) is 4.90. The maximum atomic E-state index is 13.3. The first-order chi connectivity index (χ1) is 11.9. The lowest BCUT2D eigenvalue weighted by molar-refractivity contribution is -0.143. The molecule has 1 saturated carbocycles. The Morgan fingerprint density at radius 1 is 1.12 bits per heavy atom. The maximum Gasteiger partial charge on any atom is 0.407 e. The summed E-state index contributed by atoms with van der Waals surface area (Å²) in [4.78, 5) is 27.3. The fraction of sp³-hybridized carbons (Fsp3) is 0.647. The highest BCUT2D eigenvalue weighted by Crippen LogP contribution is 2.44. The van der Waals surface area contributed by atoms with Crippen molar-refractivity contribution in [2.24, 2.45) is 0 Å². The Labute approximate surface area is 156 Å². The fourth-order valence-electron chi connectivity index (χ4n) is 3.92. The van der Waals surface area contributed by atoms with E-state index in [0.717, 1.165) is 19.3 Å². The molecule has 2 aliphatic rings. The minimum atomic E-state index is -1.08. The summed E-state index contributed by atoms with van der Waals surface area (Å²) >= 11 is 7.68. The minimum absolute atomic E-state index is 0.144. The van der Waals surface area contributed by atoms with Crippen LogP contribution in [-0.2, 0) is 4.79 Å². The zero-order chi connectivity index (χ0) is 18.0. The van der Waals surface area contributed by atoms with Gasteiger partial charge in [0.2, 0.25) is 5.91 Å². The number of hydrogen-bond donors (Lipinski definition) is 2. The van der Waals surface area contributed by atoms with E-state index in [9.17, 15) is 14.7 Å². The summed E-state index contributed by atoms with van der Waals surface area (Å²) in [6.45, 7) is 1.28. The van der Waals surface area contributed by atoms with Crippen LogP contribution in [0.15, 0.2) is 11.4 Å². The molecule has 2 amide bonds. The van der Waals surface area contributed by atoms with Crippen LogP contribution in [0.2, 0.25) is 4.34 Å². The number of aliphatic hydroxyl groups is 1. The smallest absolute Gasteiger partial charge is 0.407 e. The van der Waals surface area contributed by atoms with Gasteiger partial charge in [-0.05, 0) is 29.9 Å². The maximum absolute atomic E-state index is 13.3. The standard InChI is InChI=1S/C17H23ClN2O4S/c18-14-12(4-11-25-14)13(17(24)5-2-1-3-6-17)15(21)19-7-9-20(10-8-19)16(22)23/h4,11,13,24H,1-3,5-10H2,(H,22,23). The van der Waals surface area contributed by atoms with E-state index in [1.165, 1.54) is 16.2 Å². The molecule has 0 bridgehead atoms. The lowest BCUT2D eigenvalue weighted by Gasteiger charge is -2.42. The molecule has 1 aromatic heterocycles. The van der Waals surface area contributed by atoms with Gasteiger partial charge in [-0.25, -0.2) is 4.79 Å². The third-order valence-corrected chi connectivity index (χ3v) is 6.52. The molecule has 1 aromatic rings. The number of carbonyl (C=O) groups excluding carboxylic acids is 1. The van der Waals surface area contributed by atoms with E-state index in [0.29, 0.717) is 48.9 Å². The second-order valence-corrected chi connectivity index (χ2v) is 8.36. The number of carbonyl (C=O) groups is 2. The largest absolute Gasteiger partial charge is 0.465 e. The molecule has 25 heavy (non-hydrogen) atoms. The summed E-state index contributed by atoms with van der Waals surface area (Å²) in [5, 5.41) is 22.2. The SMILES string of the molecule is O=C(O)N1CCN(C(=O)C(c2ccsc2Cl)C2(O)CCCCC2)CC1. The van der Waals surface area contributed by atoms with Gasteiger partial charge in [-0.1, -0.05) is 30.9 Å². The zero-order valence-electron chi connectivity index (χ0n) is 14.0. The highest BCUT2D eigenvalue weighted by Gasteiger charge is 2.46. The van der Waals surface area contributed by atoms with Crippen LogP contribution >= 0.6 is 22.9 Å². The molecule has 0 radical (unpaired) electrons. The van der Waals surface area contributed by atoms with Crippen LogP contribution in [0.1, 0.15) is 43.6 Å². The Kier molecular flexibility index (Phi) is 5.55. The van der Waals surface area contributed by atoms with Gasteiger partial charge in [0.25, 0.3) is 0 Å². The Balaban J connectivity index is 1.83. The number of nitrogens with zero attached hydrogens (tertiary/aromatic N) is 2. The third-order valence-electron chi connectivity index (χ3n) is 5.32. The van der Waals surface area contributed by atoms with Crippen LogP contribution in [-0.4, -0.2) is 63.8 Å². The molecule has 2 N–H and O–H groups in total. The van der Waals surface area contributed by atoms with Crippen LogP contribution in [0.3, 0.4) is 0 Å². The number of thiophene rings is 1. The lowest BCUT2D eigenvalue weighted by Crippen LogP contribution is -2.54. The summed E-state index contributed by atoms with van der Waals surface area (Å²) in [6.07, 6.45) is 3.08. The first-order valence-corrected chi connectivity index (χ1v) is 9.90. The molecular weight excluding hydrogens is 364 g/mol. The lowest BCUT2D eigenvalue weighted by atomic mass is 9.72. The molecule has 138 valence electrons. The number of rotatable bonds is 3. The molecule has 1 atom stereocenters. The summed E-state index contributed by atoms with van der Waals surface area (Å²) in [5.41, 5.74) is -0.383. The average Bonchev–Trinajstić information content (AvgIpc) is 3.01. The van der Waals surface area contributed by atoms with Crippen LogP contribution in [0.5, 0.6) is 0 Å². The van der Waals surface area contributed by atoms with Gasteiger partial charge in [0.05, 0.1) is 15.9 Å². The van der Waals surface area contributed by atoms with Gasteiger partial charge in [-0.15, -0.1) is 11.3 Å². The Morgan fingerprint density at radius 2 is 1.72 bits per heavy atom. The van der Waals surface area contributed by atoms with Crippen molar-refractivity contribution >= 4 is 34.9 Å².